The highest BCUT2D eigenvalue weighted by Gasteiger charge is 2.20. The Morgan fingerprint density at radius 1 is 1.09 bits per heavy atom. The highest BCUT2D eigenvalue weighted by Crippen LogP contribution is 2.12. The molecule has 0 saturated heterocycles. The number of pyridine rings is 1. The standard InChI is InChI=1S/C25H27N5O4/c1-3-16(2)30-14-18(23(31)19(15-30)25(33)27-13-17-7-6-12-34-17)24(32)26-11-10-22-28-20-8-4-5-9-21(20)29-22/h4-9,12,14-16H,3,10-11,13H2,1-2H3,(H,26,32)(H,27,33)(H,28,29)/t16-/m1/s1. The van der Waals surface area contributed by atoms with E-state index < -0.39 is 17.2 Å². The average molecular weight is 462 g/mol. The first-order valence-corrected chi connectivity index (χ1v) is 11.2. The maximum Gasteiger partial charge on any atom is 0.257 e. The summed E-state index contributed by atoms with van der Waals surface area (Å²) in [6.07, 6.45) is 5.76. The first kappa shape index (κ1) is 23.0. The van der Waals surface area contributed by atoms with Crippen LogP contribution >= 0.6 is 0 Å². The van der Waals surface area contributed by atoms with Crippen LogP contribution in [0.3, 0.4) is 0 Å². The number of furan rings is 1. The molecule has 3 heterocycles. The molecule has 0 saturated carbocycles. The highest BCUT2D eigenvalue weighted by atomic mass is 16.3. The fourth-order valence-corrected chi connectivity index (χ4v) is 3.58. The molecule has 0 aliphatic heterocycles. The Hall–Kier alpha value is -4.14. The van der Waals surface area contributed by atoms with Crippen LogP contribution in [0, 0.1) is 0 Å². The lowest BCUT2D eigenvalue weighted by molar-refractivity contribution is 0.0945. The lowest BCUT2D eigenvalue weighted by atomic mass is 10.1. The number of hydrogen-bond donors (Lipinski definition) is 3. The van der Waals surface area contributed by atoms with Gasteiger partial charge in [-0.15, -0.1) is 0 Å². The molecule has 3 aromatic heterocycles. The van der Waals surface area contributed by atoms with E-state index in [2.05, 4.69) is 20.6 Å². The Kier molecular flexibility index (Phi) is 6.91. The van der Waals surface area contributed by atoms with Crippen molar-refractivity contribution in [3.05, 3.63) is 88.0 Å². The fraction of sp³-hybridized carbons (Fsp3) is 0.280. The number of H-pyrrole nitrogens is 1. The van der Waals surface area contributed by atoms with Crippen molar-refractivity contribution in [2.75, 3.05) is 6.54 Å². The SMILES string of the molecule is CC[C@@H](C)n1cc(C(=O)NCCc2nc3ccccc3[nH]2)c(=O)c(C(=O)NCc2ccco2)c1. The number of hydrogen-bond acceptors (Lipinski definition) is 5. The van der Waals surface area contributed by atoms with E-state index in [-0.39, 0.29) is 30.3 Å². The number of aromatic nitrogens is 3. The van der Waals surface area contributed by atoms with Gasteiger partial charge >= 0.3 is 0 Å². The van der Waals surface area contributed by atoms with Gasteiger partial charge in [0.2, 0.25) is 5.43 Å². The Balaban J connectivity index is 1.50. The van der Waals surface area contributed by atoms with Crippen LogP contribution in [0.1, 0.15) is 58.6 Å². The smallest absolute Gasteiger partial charge is 0.257 e. The van der Waals surface area contributed by atoms with Gasteiger partial charge in [-0.2, -0.15) is 0 Å². The molecule has 0 radical (unpaired) electrons. The van der Waals surface area contributed by atoms with Crippen molar-refractivity contribution in [3.8, 4) is 0 Å². The number of aromatic amines is 1. The van der Waals surface area contributed by atoms with Crippen molar-refractivity contribution in [2.24, 2.45) is 0 Å². The monoisotopic (exact) mass is 461 g/mol. The molecule has 3 N–H and O–H groups in total. The van der Waals surface area contributed by atoms with Gasteiger partial charge in [-0.3, -0.25) is 14.4 Å². The first-order valence-electron chi connectivity index (χ1n) is 11.2. The minimum absolute atomic E-state index is 0.000628. The summed E-state index contributed by atoms with van der Waals surface area (Å²) >= 11 is 0. The van der Waals surface area contributed by atoms with Gasteiger partial charge in [-0.25, -0.2) is 4.98 Å². The van der Waals surface area contributed by atoms with Crippen molar-refractivity contribution in [2.45, 2.75) is 39.3 Å². The average Bonchev–Trinajstić information content (AvgIpc) is 3.51. The summed E-state index contributed by atoms with van der Waals surface area (Å²) in [6, 6.07) is 11.1. The van der Waals surface area contributed by atoms with Crippen molar-refractivity contribution in [1.29, 1.82) is 0 Å². The number of carbonyl (C=O) groups is 2. The topological polar surface area (TPSA) is 122 Å². The van der Waals surface area contributed by atoms with E-state index >= 15 is 0 Å². The van der Waals surface area contributed by atoms with Gasteiger partial charge in [-0.05, 0) is 37.6 Å². The fourth-order valence-electron chi connectivity index (χ4n) is 3.58. The van der Waals surface area contributed by atoms with E-state index in [9.17, 15) is 14.4 Å². The normalized spacial score (nSPS) is 11.9. The van der Waals surface area contributed by atoms with Crippen LogP contribution < -0.4 is 16.1 Å². The largest absolute Gasteiger partial charge is 0.467 e. The summed E-state index contributed by atoms with van der Waals surface area (Å²) in [5.41, 5.74) is 1.01. The number of benzene rings is 1. The molecule has 9 heteroatoms. The Morgan fingerprint density at radius 3 is 2.50 bits per heavy atom. The molecule has 0 aliphatic carbocycles. The predicted octanol–water partition coefficient (Wildman–Crippen LogP) is 3.19. The zero-order chi connectivity index (χ0) is 24.1. The van der Waals surface area contributed by atoms with Crippen molar-refractivity contribution in [1.82, 2.24) is 25.2 Å². The van der Waals surface area contributed by atoms with Crippen LogP contribution in [-0.2, 0) is 13.0 Å². The second-order valence-corrected chi connectivity index (χ2v) is 8.09. The summed E-state index contributed by atoms with van der Waals surface area (Å²) in [5, 5.41) is 5.46. The van der Waals surface area contributed by atoms with Gasteiger partial charge in [0.05, 0.1) is 23.8 Å². The highest BCUT2D eigenvalue weighted by molar-refractivity contribution is 5.99. The molecule has 176 valence electrons. The number of imidazole rings is 1. The number of carbonyl (C=O) groups excluding carboxylic acids is 2. The van der Waals surface area contributed by atoms with Crippen LogP contribution in [0.15, 0.2) is 64.3 Å². The quantitative estimate of drug-likeness (QED) is 0.353. The van der Waals surface area contributed by atoms with Crippen LogP contribution in [0.4, 0.5) is 0 Å². The molecular formula is C25H27N5O4. The van der Waals surface area contributed by atoms with Crippen LogP contribution in [-0.4, -0.2) is 32.9 Å². The van der Waals surface area contributed by atoms with E-state index in [1.807, 2.05) is 38.1 Å². The lowest BCUT2D eigenvalue weighted by Crippen LogP contribution is -2.36. The molecule has 0 bridgehead atoms. The van der Waals surface area contributed by atoms with Crippen LogP contribution in [0.5, 0.6) is 0 Å². The zero-order valence-electron chi connectivity index (χ0n) is 19.1. The molecule has 2 amide bonds. The van der Waals surface area contributed by atoms with E-state index in [0.29, 0.717) is 12.2 Å². The van der Waals surface area contributed by atoms with E-state index in [1.165, 1.54) is 18.7 Å². The number of nitrogens with zero attached hydrogens (tertiary/aromatic N) is 2. The molecule has 9 nitrogen and oxygen atoms in total. The van der Waals surface area contributed by atoms with Crippen LogP contribution in [0.2, 0.25) is 0 Å². The molecule has 4 aromatic rings. The number of fused-ring (bicyclic) bond motifs is 1. The predicted molar refractivity (Wildman–Crippen MR) is 128 cm³/mol. The van der Waals surface area contributed by atoms with Gasteiger partial charge in [-0.1, -0.05) is 19.1 Å². The van der Waals surface area contributed by atoms with Gasteiger partial charge in [0.1, 0.15) is 22.7 Å². The van der Waals surface area contributed by atoms with Crippen molar-refractivity contribution >= 4 is 22.8 Å². The summed E-state index contributed by atoms with van der Waals surface area (Å²) in [6.45, 7) is 4.38. The van der Waals surface area contributed by atoms with E-state index in [0.717, 1.165) is 23.3 Å². The summed E-state index contributed by atoms with van der Waals surface area (Å²) in [4.78, 5) is 46.4. The molecule has 1 aromatic carbocycles. The first-order chi connectivity index (χ1) is 16.5. The van der Waals surface area contributed by atoms with E-state index in [4.69, 9.17) is 4.42 Å². The molecule has 0 aliphatic rings. The summed E-state index contributed by atoms with van der Waals surface area (Å²) < 4.78 is 6.95. The van der Waals surface area contributed by atoms with Gasteiger partial charge in [0, 0.05) is 31.4 Å². The number of para-hydroxylation sites is 2. The third-order valence-electron chi connectivity index (χ3n) is 5.72. The number of nitrogens with one attached hydrogen (secondary N) is 3. The maximum absolute atomic E-state index is 13.0. The molecule has 0 spiro atoms. The maximum atomic E-state index is 13.0. The number of rotatable bonds is 9. The molecule has 1 atom stereocenters. The Labute approximate surface area is 196 Å². The van der Waals surface area contributed by atoms with Gasteiger partial charge in [0.25, 0.3) is 11.8 Å². The third-order valence-corrected chi connectivity index (χ3v) is 5.72. The Morgan fingerprint density at radius 2 is 1.82 bits per heavy atom. The molecule has 34 heavy (non-hydrogen) atoms. The minimum atomic E-state index is -0.613. The zero-order valence-corrected chi connectivity index (χ0v) is 19.1. The summed E-state index contributed by atoms with van der Waals surface area (Å²) in [5.74, 6) is 0.217. The molecule has 0 fully saturated rings. The van der Waals surface area contributed by atoms with E-state index in [1.54, 1.807) is 16.7 Å². The second-order valence-electron chi connectivity index (χ2n) is 8.09. The van der Waals surface area contributed by atoms with Gasteiger partial charge in [0.15, 0.2) is 0 Å². The third kappa shape index (κ3) is 5.09. The Bertz CT molecular complexity index is 1320. The van der Waals surface area contributed by atoms with Crippen LogP contribution in [0.25, 0.3) is 11.0 Å². The van der Waals surface area contributed by atoms with Gasteiger partial charge < -0.3 is 24.6 Å². The minimum Gasteiger partial charge on any atom is -0.467 e. The second kappa shape index (κ2) is 10.2. The lowest BCUT2D eigenvalue weighted by Gasteiger charge is -2.17. The van der Waals surface area contributed by atoms with Crippen molar-refractivity contribution in [3.63, 3.8) is 0 Å². The van der Waals surface area contributed by atoms with Crippen molar-refractivity contribution < 1.29 is 14.0 Å². The molecule has 0 unspecified atom stereocenters. The summed E-state index contributed by atoms with van der Waals surface area (Å²) in [7, 11) is 0. The molecular weight excluding hydrogens is 434 g/mol. The number of amides is 2. The molecule has 4 rings (SSSR count).